The van der Waals surface area contributed by atoms with Crippen LogP contribution >= 0.6 is 12.4 Å². The highest BCUT2D eigenvalue weighted by molar-refractivity contribution is 5.85. The van der Waals surface area contributed by atoms with Crippen molar-refractivity contribution >= 4 is 18.5 Å². The number of benzene rings is 1. The van der Waals surface area contributed by atoms with Gasteiger partial charge in [0.2, 0.25) is 0 Å². The highest BCUT2D eigenvalue weighted by atomic mass is 35.5. The van der Waals surface area contributed by atoms with Crippen LogP contribution in [0.2, 0.25) is 0 Å². The van der Waals surface area contributed by atoms with E-state index in [1.54, 1.807) is 7.11 Å². The summed E-state index contributed by atoms with van der Waals surface area (Å²) in [6.07, 6.45) is 4.21. The summed E-state index contributed by atoms with van der Waals surface area (Å²) in [5, 5.41) is 3.36. The predicted molar refractivity (Wildman–Crippen MR) is 77.0 cm³/mol. The van der Waals surface area contributed by atoms with Crippen LogP contribution in [0.4, 0.5) is 0 Å². The predicted octanol–water partition coefficient (Wildman–Crippen LogP) is 3.38. The van der Waals surface area contributed by atoms with Crippen LogP contribution < -0.4 is 10.1 Å². The molecule has 0 atom stereocenters. The fraction of sp³-hybridized carbons (Fsp3) is 0.429. The average Bonchev–Trinajstić information content (AvgIpc) is 2.29. The van der Waals surface area contributed by atoms with E-state index in [0.29, 0.717) is 5.92 Å². The molecule has 0 unspecified atom stereocenters. The first-order chi connectivity index (χ1) is 7.74. The molecule has 0 heterocycles. The molecule has 0 saturated carbocycles. The van der Waals surface area contributed by atoms with Gasteiger partial charge in [0, 0.05) is 12.1 Å². The fourth-order valence-electron chi connectivity index (χ4n) is 1.45. The van der Waals surface area contributed by atoms with Gasteiger partial charge < -0.3 is 10.1 Å². The van der Waals surface area contributed by atoms with Gasteiger partial charge in [0.1, 0.15) is 5.75 Å². The molecule has 2 nitrogen and oxygen atoms in total. The van der Waals surface area contributed by atoms with E-state index in [1.807, 2.05) is 18.2 Å². The van der Waals surface area contributed by atoms with Crippen LogP contribution in [-0.2, 0) is 0 Å². The van der Waals surface area contributed by atoms with Gasteiger partial charge in [-0.05, 0) is 18.5 Å². The second-order valence-electron chi connectivity index (χ2n) is 4.20. The van der Waals surface area contributed by atoms with Gasteiger partial charge in [-0.15, -0.1) is 12.4 Å². The van der Waals surface area contributed by atoms with Crippen molar-refractivity contribution in [2.45, 2.75) is 13.8 Å². The molecule has 0 aliphatic carbocycles. The molecule has 0 spiro atoms. The molecule has 96 valence electrons. The van der Waals surface area contributed by atoms with Crippen molar-refractivity contribution in [2.75, 3.05) is 20.2 Å². The van der Waals surface area contributed by atoms with Crippen LogP contribution in [0, 0.1) is 5.92 Å². The molecule has 1 N–H and O–H groups in total. The van der Waals surface area contributed by atoms with Crippen molar-refractivity contribution < 1.29 is 4.74 Å². The summed E-state index contributed by atoms with van der Waals surface area (Å²) in [7, 11) is 1.70. The van der Waals surface area contributed by atoms with E-state index in [2.05, 4.69) is 37.4 Å². The Bertz CT molecular complexity index is 337. The highest BCUT2D eigenvalue weighted by Crippen LogP contribution is 2.18. The van der Waals surface area contributed by atoms with Gasteiger partial charge >= 0.3 is 0 Å². The van der Waals surface area contributed by atoms with Crippen LogP contribution in [0.1, 0.15) is 19.4 Å². The Morgan fingerprint density at radius 1 is 1.29 bits per heavy atom. The van der Waals surface area contributed by atoms with Crippen LogP contribution in [0.5, 0.6) is 5.75 Å². The number of hydrogen-bond acceptors (Lipinski definition) is 2. The Labute approximate surface area is 110 Å². The van der Waals surface area contributed by atoms with Gasteiger partial charge in [0.25, 0.3) is 0 Å². The van der Waals surface area contributed by atoms with Crippen molar-refractivity contribution in [1.82, 2.24) is 5.32 Å². The summed E-state index contributed by atoms with van der Waals surface area (Å²) in [4.78, 5) is 0. The highest BCUT2D eigenvalue weighted by Gasteiger charge is 1.95. The number of nitrogens with one attached hydrogen (secondary N) is 1. The quantitative estimate of drug-likeness (QED) is 0.787. The van der Waals surface area contributed by atoms with E-state index in [0.717, 1.165) is 24.4 Å². The van der Waals surface area contributed by atoms with Crippen LogP contribution in [0.15, 0.2) is 30.3 Å². The molecule has 0 amide bonds. The minimum absolute atomic E-state index is 0. The van der Waals surface area contributed by atoms with Gasteiger partial charge in [-0.3, -0.25) is 0 Å². The topological polar surface area (TPSA) is 21.3 Å². The number of para-hydroxylation sites is 1. The van der Waals surface area contributed by atoms with Gasteiger partial charge in [0.15, 0.2) is 0 Å². The van der Waals surface area contributed by atoms with Crippen molar-refractivity contribution in [3.63, 3.8) is 0 Å². The maximum absolute atomic E-state index is 5.27. The maximum atomic E-state index is 5.27. The van der Waals surface area contributed by atoms with Crippen molar-refractivity contribution in [2.24, 2.45) is 5.92 Å². The molecule has 1 aromatic carbocycles. The number of hydrogen-bond donors (Lipinski definition) is 1. The third kappa shape index (κ3) is 6.35. The molecular formula is C14H22ClNO. The summed E-state index contributed by atoms with van der Waals surface area (Å²) in [5.41, 5.74) is 1.12. The third-order valence-corrected chi connectivity index (χ3v) is 2.25. The molecule has 0 aliphatic rings. The fourth-order valence-corrected chi connectivity index (χ4v) is 1.45. The summed E-state index contributed by atoms with van der Waals surface area (Å²) in [5.74, 6) is 1.61. The molecule has 0 saturated heterocycles. The number of halogens is 1. The smallest absolute Gasteiger partial charge is 0.126 e. The minimum atomic E-state index is 0. The maximum Gasteiger partial charge on any atom is 0.126 e. The largest absolute Gasteiger partial charge is 0.496 e. The molecule has 0 aromatic heterocycles. The van der Waals surface area contributed by atoms with Gasteiger partial charge in [-0.1, -0.05) is 44.2 Å². The van der Waals surface area contributed by atoms with Crippen LogP contribution in [-0.4, -0.2) is 20.2 Å². The van der Waals surface area contributed by atoms with Gasteiger partial charge in [0.05, 0.1) is 7.11 Å². The Balaban J connectivity index is 0.00000256. The zero-order valence-electron chi connectivity index (χ0n) is 10.8. The number of ether oxygens (including phenoxy) is 1. The summed E-state index contributed by atoms with van der Waals surface area (Å²) in [6.45, 7) is 6.36. The Hall–Kier alpha value is -0.990. The molecule has 3 heteroatoms. The first-order valence-corrected chi connectivity index (χ1v) is 5.74. The molecule has 1 rings (SSSR count). The summed E-state index contributed by atoms with van der Waals surface area (Å²) in [6, 6.07) is 8.02. The Morgan fingerprint density at radius 2 is 2.00 bits per heavy atom. The van der Waals surface area contributed by atoms with E-state index < -0.39 is 0 Å². The van der Waals surface area contributed by atoms with E-state index in [-0.39, 0.29) is 12.4 Å². The summed E-state index contributed by atoms with van der Waals surface area (Å²) >= 11 is 0. The van der Waals surface area contributed by atoms with E-state index in [4.69, 9.17) is 4.74 Å². The molecule has 1 aromatic rings. The zero-order valence-corrected chi connectivity index (χ0v) is 11.6. The van der Waals surface area contributed by atoms with Gasteiger partial charge in [-0.2, -0.15) is 0 Å². The molecule has 0 aliphatic heterocycles. The van der Waals surface area contributed by atoms with Crippen LogP contribution in [0.25, 0.3) is 6.08 Å². The molecule has 17 heavy (non-hydrogen) atoms. The Kier molecular flexibility index (Phi) is 8.55. The standard InChI is InChI=1S/C14H21NO.ClH/c1-12(2)11-15-10-6-8-13-7-4-5-9-14(13)16-3;/h4-9,12,15H,10-11H2,1-3H3;1H. The average molecular weight is 256 g/mol. The van der Waals surface area contributed by atoms with Crippen molar-refractivity contribution in [3.8, 4) is 5.75 Å². The first-order valence-electron chi connectivity index (χ1n) is 5.74. The number of rotatable bonds is 6. The SMILES string of the molecule is COc1ccccc1C=CCNCC(C)C.Cl. The lowest BCUT2D eigenvalue weighted by Crippen LogP contribution is -2.19. The molecule has 0 bridgehead atoms. The lowest BCUT2D eigenvalue weighted by atomic mass is 10.2. The normalized spacial score (nSPS) is 10.6. The minimum Gasteiger partial charge on any atom is -0.496 e. The van der Waals surface area contributed by atoms with E-state index in [1.165, 1.54) is 0 Å². The Morgan fingerprint density at radius 3 is 2.65 bits per heavy atom. The molecule has 0 fully saturated rings. The first kappa shape index (κ1) is 16.0. The monoisotopic (exact) mass is 255 g/mol. The molecular weight excluding hydrogens is 234 g/mol. The summed E-state index contributed by atoms with van der Waals surface area (Å²) < 4.78 is 5.27. The van der Waals surface area contributed by atoms with Crippen molar-refractivity contribution in [3.05, 3.63) is 35.9 Å². The number of methoxy groups -OCH3 is 1. The van der Waals surface area contributed by atoms with E-state index in [9.17, 15) is 0 Å². The lowest BCUT2D eigenvalue weighted by Gasteiger charge is -2.05. The zero-order chi connectivity index (χ0) is 11.8. The third-order valence-electron chi connectivity index (χ3n) is 2.25. The second kappa shape index (κ2) is 9.08. The van der Waals surface area contributed by atoms with Crippen molar-refractivity contribution in [1.29, 1.82) is 0 Å². The molecule has 0 radical (unpaired) electrons. The van der Waals surface area contributed by atoms with E-state index >= 15 is 0 Å². The van der Waals surface area contributed by atoms with Crippen LogP contribution in [0.3, 0.4) is 0 Å². The lowest BCUT2D eigenvalue weighted by molar-refractivity contribution is 0.414. The van der Waals surface area contributed by atoms with Gasteiger partial charge in [-0.25, -0.2) is 0 Å². The second-order valence-corrected chi connectivity index (χ2v) is 4.20.